The molecule has 2 aromatic heterocycles. The van der Waals surface area contributed by atoms with Crippen LogP contribution in [0, 0.1) is 13.8 Å². The Balaban J connectivity index is 1.95. The zero-order valence-corrected chi connectivity index (χ0v) is 16.0. The molecule has 0 bridgehead atoms. The van der Waals surface area contributed by atoms with Crippen LogP contribution >= 0.6 is 11.3 Å². The number of rotatable bonds is 5. The number of aromatic nitrogens is 1. The van der Waals surface area contributed by atoms with Crippen LogP contribution in [0.4, 0.5) is 5.69 Å². The lowest BCUT2D eigenvalue weighted by atomic mass is 10.1. The highest BCUT2D eigenvalue weighted by atomic mass is 32.1. The van der Waals surface area contributed by atoms with Gasteiger partial charge in [0.25, 0.3) is 5.91 Å². The van der Waals surface area contributed by atoms with Crippen molar-refractivity contribution in [1.29, 1.82) is 0 Å². The summed E-state index contributed by atoms with van der Waals surface area (Å²) in [6.07, 6.45) is 0. The number of H-pyrrole nitrogens is 1. The van der Waals surface area contributed by atoms with Crippen LogP contribution in [0.1, 0.15) is 26.5 Å². The normalized spacial score (nSPS) is 11.3. The predicted octanol–water partition coefficient (Wildman–Crippen LogP) is 4.17. The number of amides is 1. The first-order chi connectivity index (χ1) is 11.9. The largest absolute Gasteiger partial charge is 0.497 e. The number of aryl methyl sites for hydroxylation is 2. The van der Waals surface area contributed by atoms with Gasteiger partial charge in [0, 0.05) is 22.7 Å². The number of aromatic amines is 1. The van der Waals surface area contributed by atoms with Crippen molar-refractivity contribution in [1.82, 2.24) is 9.88 Å². The van der Waals surface area contributed by atoms with Crippen molar-refractivity contribution in [2.75, 3.05) is 26.5 Å². The van der Waals surface area contributed by atoms with Crippen LogP contribution in [0.3, 0.4) is 0 Å². The number of hydrogen-bond donors (Lipinski definition) is 2. The van der Waals surface area contributed by atoms with E-state index in [1.165, 1.54) is 4.88 Å². The van der Waals surface area contributed by atoms with Crippen LogP contribution in [-0.4, -0.2) is 37.0 Å². The first-order valence-electron chi connectivity index (χ1n) is 8.10. The lowest BCUT2D eigenvalue weighted by Gasteiger charge is -2.12. The van der Waals surface area contributed by atoms with E-state index in [9.17, 15) is 4.79 Å². The standard InChI is InChI=1S/C19H23N3O2S/c1-11-8-13(24-5)6-7-15(11)21-19(23)17-14(10-22(3)4)18-16(20-17)9-12(2)25-18/h6-9,20H,10H2,1-5H3,(H,21,23). The molecule has 2 heterocycles. The fraction of sp³-hybridized carbons (Fsp3) is 0.316. The van der Waals surface area contributed by atoms with Gasteiger partial charge in [0.15, 0.2) is 0 Å². The number of carbonyl (C=O) groups is 1. The highest BCUT2D eigenvalue weighted by molar-refractivity contribution is 7.19. The predicted molar refractivity (Wildman–Crippen MR) is 104 cm³/mol. The van der Waals surface area contributed by atoms with Crippen LogP contribution in [0.5, 0.6) is 5.75 Å². The van der Waals surface area contributed by atoms with Gasteiger partial charge in [-0.05, 0) is 57.8 Å². The van der Waals surface area contributed by atoms with Gasteiger partial charge in [0.2, 0.25) is 0 Å². The molecule has 0 atom stereocenters. The van der Waals surface area contributed by atoms with Crippen LogP contribution in [0.25, 0.3) is 10.2 Å². The molecule has 0 unspecified atom stereocenters. The summed E-state index contributed by atoms with van der Waals surface area (Å²) in [5.74, 6) is 0.658. The van der Waals surface area contributed by atoms with E-state index >= 15 is 0 Å². The molecule has 0 fully saturated rings. The lowest BCUT2D eigenvalue weighted by molar-refractivity contribution is 0.102. The van der Waals surface area contributed by atoms with Crippen LogP contribution in [-0.2, 0) is 6.54 Å². The molecule has 3 rings (SSSR count). The van der Waals surface area contributed by atoms with E-state index in [1.54, 1.807) is 18.4 Å². The molecule has 0 saturated carbocycles. The maximum atomic E-state index is 12.9. The van der Waals surface area contributed by atoms with Gasteiger partial charge in [-0.25, -0.2) is 0 Å². The second kappa shape index (κ2) is 6.90. The maximum Gasteiger partial charge on any atom is 0.272 e. The van der Waals surface area contributed by atoms with Crippen molar-refractivity contribution in [2.45, 2.75) is 20.4 Å². The minimum absolute atomic E-state index is 0.119. The monoisotopic (exact) mass is 357 g/mol. The fourth-order valence-electron chi connectivity index (χ4n) is 2.90. The third kappa shape index (κ3) is 3.55. The molecular formula is C19H23N3O2S. The number of nitrogens with zero attached hydrogens (tertiary/aromatic N) is 1. The maximum absolute atomic E-state index is 12.9. The minimum Gasteiger partial charge on any atom is -0.497 e. The number of thiophene rings is 1. The summed E-state index contributed by atoms with van der Waals surface area (Å²) < 4.78 is 6.38. The van der Waals surface area contributed by atoms with Crippen molar-refractivity contribution in [3.05, 3.63) is 46.0 Å². The molecule has 0 spiro atoms. The van der Waals surface area contributed by atoms with E-state index in [1.807, 2.05) is 39.2 Å². The van der Waals surface area contributed by atoms with E-state index in [0.29, 0.717) is 12.2 Å². The second-order valence-electron chi connectivity index (χ2n) is 6.45. The molecule has 25 heavy (non-hydrogen) atoms. The van der Waals surface area contributed by atoms with Crippen molar-refractivity contribution in [2.24, 2.45) is 0 Å². The van der Waals surface area contributed by atoms with Gasteiger partial charge in [-0.15, -0.1) is 11.3 Å². The minimum atomic E-state index is -0.119. The Bertz CT molecular complexity index is 924. The van der Waals surface area contributed by atoms with Crippen LogP contribution in [0.2, 0.25) is 0 Å². The molecule has 0 saturated heterocycles. The number of carbonyl (C=O) groups excluding carboxylic acids is 1. The van der Waals surface area contributed by atoms with Gasteiger partial charge >= 0.3 is 0 Å². The smallest absolute Gasteiger partial charge is 0.272 e. The molecular weight excluding hydrogens is 334 g/mol. The molecule has 132 valence electrons. The van der Waals surface area contributed by atoms with E-state index in [0.717, 1.165) is 32.8 Å². The third-order valence-corrected chi connectivity index (χ3v) is 5.18. The molecule has 6 heteroatoms. The second-order valence-corrected chi connectivity index (χ2v) is 7.71. The summed E-state index contributed by atoms with van der Waals surface area (Å²) in [5, 5.41) is 3.02. The Kier molecular flexibility index (Phi) is 4.83. The number of hydrogen-bond acceptors (Lipinski definition) is 4. The van der Waals surface area contributed by atoms with Crippen molar-refractivity contribution in [3.63, 3.8) is 0 Å². The summed E-state index contributed by atoms with van der Waals surface area (Å²) in [5.41, 5.74) is 4.45. The van der Waals surface area contributed by atoms with Gasteiger partial charge in [-0.3, -0.25) is 4.79 Å². The molecule has 0 aliphatic rings. The topological polar surface area (TPSA) is 57.4 Å². The average molecular weight is 357 g/mol. The number of benzene rings is 1. The number of methoxy groups -OCH3 is 1. The highest BCUT2D eigenvalue weighted by Gasteiger charge is 2.20. The summed E-state index contributed by atoms with van der Waals surface area (Å²) in [7, 11) is 5.65. The first kappa shape index (κ1) is 17.5. The van der Waals surface area contributed by atoms with Gasteiger partial charge < -0.3 is 19.9 Å². The van der Waals surface area contributed by atoms with Crippen LogP contribution in [0.15, 0.2) is 24.3 Å². The van der Waals surface area contributed by atoms with E-state index in [4.69, 9.17) is 4.74 Å². The van der Waals surface area contributed by atoms with Crippen molar-refractivity contribution in [3.8, 4) is 5.75 Å². The van der Waals surface area contributed by atoms with E-state index < -0.39 is 0 Å². The molecule has 5 nitrogen and oxygen atoms in total. The Morgan fingerprint density at radius 2 is 2.04 bits per heavy atom. The fourth-order valence-corrected chi connectivity index (χ4v) is 3.91. The molecule has 3 aromatic rings. The van der Waals surface area contributed by atoms with Gasteiger partial charge in [0.05, 0.1) is 17.3 Å². The summed E-state index contributed by atoms with van der Waals surface area (Å²) in [4.78, 5) is 19.5. The molecule has 1 amide bonds. The quantitative estimate of drug-likeness (QED) is 0.720. The first-order valence-corrected chi connectivity index (χ1v) is 8.92. The van der Waals surface area contributed by atoms with Crippen molar-refractivity contribution < 1.29 is 9.53 Å². The van der Waals surface area contributed by atoms with E-state index in [2.05, 4.69) is 28.2 Å². The van der Waals surface area contributed by atoms with Crippen molar-refractivity contribution >= 4 is 33.1 Å². The van der Waals surface area contributed by atoms with Gasteiger partial charge in [-0.1, -0.05) is 0 Å². The molecule has 1 aromatic carbocycles. The highest BCUT2D eigenvalue weighted by Crippen LogP contribution is 2.32. The molecule has 0 aliphatic heterocycles. The SMILES string of the molecule is COc1ccc(NC(=O)c2[nH]c3cc(C)sc3c2CN(C)C)c(C)c1. The Hall–Kier alpha value is -2.31. The summed E-state index contributed by atoms with van der Waals surface area (Å²) in [6.45, 7) is 4.75. The Labute approximate surface area is 151 Å². The summed E-state index contributed by atoms with van der Waals surface area (Å²) in [6, 6.07) is 7.72. The number of anilines is 1. The summed E-state index contributed by atoms with van der Waals surface area (Å²) >= 11 is 1.72. The lowest BCUT2D eigenvalue weighted by Crippen LogP contribution is -2.18. The average Bonchev–Trinajstić information content (AvgIpc) is 3.06. The number of ether oxygens (including phenoxy) is 1. The third-order valence-electron chi connectivity index (χ3n) is 4.07. The van der Waals surface area contributed by atoms with Crippen LogP contribution < -0.4 is 10.1 Å². The number of nitrogens with one attached hydrogen (secondary N) is 2. The van der Waals surface area contributed by atoms with E-state index in [-0.39, 0.29) is 5.91 Å². The Morgan fingerprint density at radius 1 is 1.28 bits per heavy atom. The molecule has 0 aliphatic carbocycles. The van der Waals surface area contributed by atoms with Gasteiger partial charge in [-0.2, -0.15) is 0 Å². The molecule has 0 radical (unpaired) electrons. The zero-order valence-electron chi connectivity index (χ0n) is 15.2. The van der Waals surface area contributed by atoms with Gasteiger partial charge in [0.1, 0.15) is 11.4 Å². The molecule has 2 N–H and O–H groups in total. The number of fused-ring (bicyclic) bond motifs is 1. The zero-order chi connectivity index (χ0) is 18.1. The Morgan fingerprint density at radius 3 is 2.68 bits per heavy atom.